The third-order valence-electron chi connectivity index (χ3n) is 3.94. The molecule has 0 atom stereocenters. The van der Waals surface area contributed by atoms with E-state index in [1.807, 2.05) is 12.1 Å². The number of hydrogen-bond acceptors (Lipinski definition) is 4. The van der Waals surface area contributed by atoms with Crippen LogP contribution in [0.15, 0.2) is 23.5 Å². The van der Waals surface area contributed by atoms with E-state index >= 15 is 0 Å². The molecule has 0 spiro atoms. The van der Waals surface area contributed by atoms with Crippen LogP contribution in [0.1, 0.15) is 49.3 Å². The maximum absolute atomic E-state index is 11.2. The Labute approximate surface area is 111 Å². The van der Waals surface area contributed by atoms with E-state index < -0.39 is 0 Å². The quantitative estimate of drug-likeness (QED) is 0.860. The van der Waals surface area contributed by atoms with Crippen molar-refractivity contribution in [3.8, 4) is 0 Å². The summed E-state index contributed by atoms with van der Waals surface area (Å²) in [6.07, 6.45) is 7.56. The van der Waals surface area contributed by atoms with Gasteiger partial charge in [-0.3, -0.25) is 4.40 Å². The first kappa shape index (κ1) is 12.3. The zero-order chi connectivity index (χ0) is 13.2. The average Bonchev–Trinajstić information content (AvgIpc) is 2.85. The Hall–Kier alpha value is -1.75. The van der Waals surface area contributed by atoms with Crippen molar-refractivity contribution in [2.24, 2.45) is 5.18 Å². The molecule has 1 saturated carbocycles. The van der Waals surface area contributed by atoms with Crippen LogP contribution in [0.2, 0.25) is 0 Å². The molecule has 5 nitrogen and oxygen atoms in total. The van der Waals surface area contributed by atoms with Crippen LogP contribution < -0.4 is 0 Å². The van der Waals surface area contributed by atoms with Crippen molar-refractivity contribution in [1.29, 1.82) is 0 Å². The summed E-state index contributed by atoms with van der Waals surface area (Å²) in [5.41, 5.74) is 2.31. The Balaban J connectivity index is 2.10. The van der Waals surface area contributed by atoms with Gasteiger partial charge in [-0.15, -0.1) is 4.91 Å². The molecule has 2 aromatic heterocycles. The van der Waals surface area contributed by atoms with Crippen molar-refractivity contribution in [3.63, 3.8) is 0 Å². The Kier molecular flexibility index (Phi) is 3.29. The van der Waals surface area contributed by atoms with Gasteiger partial charge in [-0.25, -0.2) is 4.98 Å². The van der Waals surface area contributed by atoms with Crippen LogP contribution in [0.5, 0.6) is 0 Å². The lowest BCUT2D eigenvalue weighted by Gasteiger charge is -2.19. The molecule has 0 aliphatic heterocycles. The molecule has 0 saturated heterocycles. The van der Waals surface area contributed by atoms with Crippen LogP contribution in [0, 0.1) is 4.91 Å². The van der Waals surface area contributed by atoms with Crippen molar-refractivity contribution in [1.82, 2.24) is 9.38 Å². The molecule has 0 bridgehead atoms. The van der Waals surface area contributed by atoms with E-state index in [1.165, 1.54) is 19.3 Å². The van der Waals surface area contributed by atoms with E-state index in [1.54, 1.807) is 10.6 Å². The fourth-order valence-corrected chi connectivity index (χ4v) is 2.93. The summed E-state index contributed by atoms with van der Waals surface area (Å²) < 4.78 is 1.70. The lowest BCUT2D eigenvalue weighted by Crippen LogP contribution is -2.05. The van der Waals surface area contributed by atoms with Crippen LogP contribution in [-0.2, 0) is 6.61 Å². The van der Waals surface area contributed by atoms with Gasteiger partial charge in [-0.2, -0.15) is 0 Å². The third kappa shape index (κ3) is 2.14. The summed E-state index contributed by atoms with van der Waals surface area (Å²) in [4.78, 5) is 15.7. The summed E-state index contributed by atoms with van der Waals surface area (Å²) in [6, 6.07) is 3.65. The minimum absolute atomic E-state index is 0.0504. The largest absolute Gasteiger partial charge is 0.392 e. The third-order valence-corrected chi connectivity index (χ3v) is 3.94. The minimum Gasteiger partial charge on any atom is -0.392 e. The van der Waals surface area contributed by atoms with E-state index in [4.69, 9.17) is 0 Å². The molecule has 3 rings (SSSR count). The molecular formula is C14H17N3O2. The van der Waals surface area contributed by atoms with Gasteiger partial charge in [0.1, 0.15) is 5.65 Å². The average molecular weight is 259 g/mol. The highest BCUT2D eigenvalue weighted by Crippen LogP contribution is 2.37. The van der Waals surface area contributed by atoms with Gasteiger partial charge < -0.3 is 5.11 Å². The van der Waals surface area contributed by atoms with Crippen molar-refractivity contribution in [2.75, 3.05) is 0 Å². The number of aliphatic hydroxyl groups is 1. The first-order chi connectivity index (χ1) is 9.33. The Morgan fingerprint density at radius 2 is 2.11 bits per heavy atom. The molecular weight excluding hydrogens is 242 g/mol. The van der Waals surface area contributed by atoms with Gasteiger partial charge in [0.15, 0.2) is 0 Å². The second kappa shape index (κ2) is 5.09. The molecule has 0 amide bonds. The normalized spacial score (nSPS) is 16.9. The number of aromatic nitrogens is 2. The van der Waals surface area contributed by atoms with Gasteiger partial charge in [0.25, 0.3) is 0 Å². The molecule has 1 aliphatic carbocycles. The Morgan fingerprint density at radius 1 is 1.32 bits per heavy atom. The fraction of sp³-hybridized carbons (Fsp3) is 0.500. The van der Waals surface area contributed by atoms with E-state index in [2.05, 4.69) is 10.2 Å². The molecule has 1 fully saturated rings. The van der Waals surface area contributed by atoms with Crippen LogP contribution in [-0.4, -0.2) is 14.5 Å². The number of nitrogens with zero attached hydrogens (tertiary/aromatic N) is 3. The van der Waals surface area contributed by atoms with Crippen molar-refractivity contribution in [2.45, 2.75) is 44.6 Å². The monoisotopic (exact) mass is 259 g/mol. The second-order valence-electron chi connectivity index (χ2n) is 5.17. The highest BCUT2D eigenvalue weighted by Gasteiger charge is 2.23. The Morgan fingerprint density at radius 3 is 2.79 bits per heavy atom. The van der Waals surface area contributed by atoms with Gasteiger partial charge in [0.05, 0.1) is 12.3 Å². The highest BCUT2D eigenvalue weighted by atomic mass is 16.3. The molecule has 1 aliphatic rings. The van der Waals surface area contributed by atoms with E-state index in [9.17, 15) is 10.0 Å². The second-order valence-corrected chi connectivity index (χ2v) is 5.17. The van der Waals surface area contributed by atoms with Crippen molar-refractivity contribution in [3.05, 3.63) is 34.5 Å². The summed E-state index contributed by atoms with van der Waals surface area (Å²) in [7, 11) is 0. The Bertz CT molecular complexity index is 600. The number of rotatable bonds is 3. The lowest BCUT2D eigenvalue weighted by atomic mass is 9.87. The first-order valence-electron chi connectivity index (χ1n) is 6.78. The molecule has 2 aromatic rings. The van der Waals surface area contributed by atoms with Gasteiger partial charge in [-0.05, 0) is 29.6 Å². The predicted octanol–water partition coefficient (Wildman–Crippen LogP) is 3.27. The zero-order valence-corrected chi connectivity index (χ0v) is 10.7. The standard InChI is InChI=1S/C14H17N3O2/c18-9-10-6-7-12-15-13(11-4-2-1-3-5-11)14(16-19)17(12)8-10/h6-8,11,18H,1-5,9H2. The van der Waals surface area contributed by atoms with Gasteiger partial charge >= 0.3 is 0 Å². The highest BCUT2D eigenvalue weighted by molar-refractivity contribution is 5.54. The molecule has 0 unspecified atom stereocenters. The van der Waals surface area contributed by atoms with Gasteiger partial charge in [0, 0.05) is 12.1 Å². The van der Waals surface area contributed by atoms with E-state index in [0.29, 0.717) is 11.7 Å². The van der Waals surface area contributed by atoms with E-state index in [0.717, 1.165) is 29.7 Å². The lowest BCUT2D eigenvalue weighted by molar-refractivity contribution is 0.281. The van der Waals surface area contributed by atoms with Crippen LogP contribution in [0.3, 0.4) is 0 Å². The van der Waals surface area contributed by atoms with Crippen molar-refractivity contribution >= 4 is 11.5 Å². The van der Waals surface area contributed by atoms with E-state index in [-0.39, 0.29) is 6.61 Å². The molecule has 19 heavy (non-hydrogen) atoms. The molecule has 1 N–H and O–H groups in total. The number of hydrogen-bond donors (Lipinski definition) is 1. The van der Waals surface area contributed by atoms with Crippen LogP contribution >= 0.6 is 0 Å². The number of imidazole rings is 1. The molecule has 2 heterocycles. The SMILES string of the molecule is O=Nc1c(C2CCCCC2)nc2ccc(CO)cn12. The smallest absolute Gasteiger partial charge is 0.205 e. The number of pyridine rings is 1. The molecule has 0 radical (unpaired) electrons. The first-order valence-corrected chi connectivity index (χ1v) is 6.78. The summed E-state index contributed by atoms with van der Waals surface area (Å²) >= 11 is 0. The number of nitroso groups, excluding NO2 is 1. The topological polar surface area (TPSA) is 67.0 Å². The summed E-state index contributed by atoms with van der Waals surface area (Å²) in [5.74, 6) is 0.746. The number of aliphatic hydroxyl groups excluding tert-OH is 1. The minimum atomic E-state index is -0.0504. The van der Waals surface area contributed by atoms with Crippen LogP contribution in [0.4, 0.5) is 5.82 Å². The predicted molar refractivity (Wildman–Crippen MR) is 72.4 cm³/mol. The zero-order valence-electron chi connectivity index (χ0n) is 10.7. The van der Waals surface area contributed by atoms with Crippen molar-refractivity contribution < 1.29 is 5.11 Å². The molecule has 5 heteroatoms. The van der Waals surface area contributed by atoms with Gasteiger partial charge in [0.2, 0.25) is 5.82 Å². The molecule has 0 aromatic carbocycles. The summed E-state index contributed by atoms with van der Waals surface area (Å²) in [5, 5.41) is 12.4. The fourth-order valence-electron chi connectivity index (χ4n) is 2.93. The van der Waals surface area contributed by atoms with Gasteiger partial charge in [-0.1, -0.05) is 25.3 Å². The summed E-state index contributed by atoms with van der Waals surface area (Å²) in [6.45, 7) is -0.0504. The van der Waals surface area contributed by atoms with Crippen LogP contribution in [0.25, 0.3) is 5.65 Å². The maximum atomic E-state index is 11.2. The molecule has 100 valence electrons. The maximum Gasteiger partial charge on any atom is 0.205 e. The number of fused-ring (bicyclic) bond motifs is 1.